The van der Waals surface area contributed by atoms with Gasteiger partial charge in [0.25, 0.3) is 0 Å². The van der Waals surface area contributed by atoms with Gasteiger partial charge in [-0.1, -0.05) is 31.4 Å². The number of carboxylic acids is 1. The topological polar surface area (TPSA) is 63.1 Å². The summed E-state index contributed by atoms with van der Waals surface area (Å²) in [5.74, 6) is 2.78. The molecule has 4 nitrogen and oxygen atoms in total. The summed E-state index contributed by atoms with van der Waals surface area (Å²) in [6, 6.07) is 6.20. The van der Waals surface area contributed by atoms with Crippen molar-refractivity contribution in [2.24, 2.45) is 11.3 Å². The van der Waals surface area contributed by atoms with Crippen LogP contribution in [0.3, 0.4) is 0 Å². The molecule has 0 aliphatic carbocycles. The fourth-order valence-corrected chi connectivity index (χ4v) is 4.56. The molecule has 2 heterocycles. The van der Waals surface area contributed by atoms with Gasteiger partial charge in [0.2, 0.25) is 0 Å². The number of quaternary nitrogens is 1. The molecule has 3 rings (SSSR count). The Morgan fingerprint density at radius 2 is 2.32 bits per heavy atom. The van der Waals surface area contributed by atoms with E-state index in [2.05, 4.69) is 31.2 Å². The number of fused-ring (bicyclic) bond motifs is 1. The van der Waals surface area contributed by atoms with Crippen molar-refractivity contribution in [2.75, 3.05) is 13.2 Å². The smallest absolute Gasteiger partial charge is 0.313 e. The van der Waals surface area contributed by atoms with Crippen molar-refractivity contribution in [1.82, 2.24) is 0 Å². The van der Waals surface area contributed by atoms with Crippen LogP contribution in [0.1, 0.15) is 50.2 Å². The van der Waals surface area contributed by atoms with Gasteiger partial charge in [-0.15, -0.1) is 6.42 Å². The molecule has 0 amide bonds. The van der Waals surface area contributed by atoms with E-state index < -0.39 is 11.9 Å². The Kier molecular flexibility index (Phi) is 5.06. The van der Waals surface area contributed by atoms with Crippen LogP contribution in [0.25, 0.3) is 0 Å². The zero-order valence-corrected chi connectivity index (χ0v) is 15.1. The number of nitrogens with two attached hydrogens (primary N) is 1. The number of ether oxygens (including phenoxy) is 1. The molecule has 25 heavy (non-hydrogen) atoms. The van der Waals surface area contributed by atoms with Gasteiger partial charge in [-0.05, 0) is 30.5 Å². The molecular weight excluding hydrogens is 314 g/mol. The first-order valence-electron chi connectivity index (χ1n) is 9.27. The number of terminal acetylenes is 1. The van der Waals surface area contributed by atoms with Crippen LogP contribution in [-0.2, 0) is 11.2 Å². The first-order chi connectivity index (χ1) is 12.0. The van der Waals surface area contributed by atoms with Gasteiger partial charge in [-0.3, -0.25) is 4.79 Å². The van der Waals surface area contributed by atoms with E-state index in [-0.39, 0.29) is 17.4 Å². The summed E-state index contributed by atoms with van der Waals surface area (Å²) in [7, 11) is 0. The second-order valence-electron chi connectivity index (χ2n) is 7.73. The lowest BCUT2D eigenvalue weighted by atomic mass is 9.75. The fourth-order valence-electron chi connectivity index (χ4n) is 4.56. The summed E-state index contributed by atoms with van der Waals surface area (Å²) in [6.07, 6.45) is 9.38. The van der Waals surface area contributed by atoms with E-state index in [9.17, 15) is 9.90 Å². The highest BCUT2D eigenvalue weighted by atomic mass is 16.5. The Morgan fingerprint density at radius 3 is 3.00 bits per heavy atom. The van der Waals surface area contributed by atoms with Crippen LogP contribution in [0.15, 0.2) is 18.2 Å². The van der Waals surface area contributed by atoms with Crippen molar-refractivity contribution in [3.05, 3.63) is 29.3 Å². The minimum absolute atomic E-state index is 0.0250. The van der Waals surface area contributed by atoms with Crippen LogP contribution < -0.4 is 10.1 Å². The van der Waals surface area contributed by atoms with Gasteiger partial charge in [-0.25, -0.2) is 0 Å². The van der Waals surface area contributed by atoms with E-state index in [0.29, 0.717) is 0 Å². The van der Waals surface area contributed by atoms with Crippen molar-refractivity contribution >= 4 is 5.97 Å². The lowest BCUT2D eigenvalue weighted by Gasteiger charge is -2.27. The van der Waals surface area contributed by atoms with Gasteiger partial charge < -0.3 is 15.2 Å². The molecule has 0 radical (unpaired) electrons. The lowest BCUT2D eigenvalue weighted by molar-refractivity contribution is -0.674. The number of hydrogen-bond acceptors (Lipinski definition) is 2. The lowest BCUT2D eigenvalue weighted by Crippen LogP contribution is -2.88. The third-order valence-corrected chi connectivity index (χ3v) is 5.85. The second kappa shape index (κ2) is 7.09. The molecule has 4 atom stereocenters. The van der Waals surface area contributed by atoms with Crippen molar-refractivity contribution < 1.29 is 20.0 Å². The first kappa shape index (κ1) is 17.8. The molecule has 1 aromatic rings. The number of aliphatic carboxylic acids is 1. The molecule has 2 unspecified atom stereocenters. The molecule has 1 saturated heterocycles. The maximum Gasteiger partial charge on any atom is 0.313 e. The van der Waals surface area contributed by atoms with Crippen molar-refractivity contribution in [2.45, 2.75) is 51.5 Å². The standard InChI is InChI=1S/C21H27NO3/c1-4-9-21(3,5-2)12-17-19(20(23)24)16(13-22-17)14-6-7-18-15(11-14)8-10-25-18/h2,6-7,11,16-17,19,22H,4,8-10,12-13H2,1,3H3,(H,23,24)/p+1/t16?,17?,19-,21+/m1/s1. The molecule has 2 aliphatic heterocycles. The van der Waals surface area contributed by atoms with Gasteiger partial charge in [0, 0.05) is 18.3 Å². The minimum atomic E-state index is -0.712. The molecule has 3 N–H and O–H groups in total. The van der Waals surface area contributed by atoms with Crippen LogP contribution in [0.4, 0.5) is 0 Å². The van der Waals surface area contributed by atoms with Crippen LogP contribution in [0.2, 0.25) is 0 Å². The van der Waals surface area contributed by atoms with Gasteiger partial charge in [-0.2, -0.15) is 0 Å². The third kappa shape index (κ3) is 3.52. The summed E-state index contributed by atoms with van der Waals surface area (Å²) >= 11 is 0. The van der Waals surface area contributed by atoms with E-state index >= 15 is 0 Å². The predicted octanol–water partition coefficient (Wildman–Crippen LogP) is 2.18. The molecule has 0 aromatic heterocycles. The Balaban J connectivity index is 1.83. The van der Waals surface area contributed by atoms with Crippen LogP contribution in [0.5, 0.6) is 5.75 Å². The number of benzene rings is 1. The molecule has 4 heteroatoms. The van der Waals surface area contributed by atoms with Crippen LogP contribution >= 0.6 is 0 Å². The Hall–Kier alpha value is -1.99. The van der Waals surface area contributed by atoms with E-state index in [0.717, 1.165) is 50.1 Å². The van der Waals surface area contributed by atoms with Gasteiger partial charge in [0.05, 0.1) is 19.1 Å². The van der Waals surface area contributed by atoms with Gasteiger partial charge >= 0.3 is 5.97 Å². The van der Waals surface area contributed by atoms with Gasteiger partial charge in [0.15, 0.2) is 0 Å². The number of rotatable bonds is 6. The Bertz CT molecular complexity index is 693. The normalized spacial score (nSPS) is 27.2. The quantitative estimate of drug-likeness (QED) is 0.779. The summed E-state index contributed by atoms with van der Waals surface area (Å²) in [5, 5.41) is 12.1. The monoisotopic (exact) mass is 342 g/mol. The first-order valence-corrected chi connectivity index (χ1v) is 9.27. The van der Waals surface area contributed by atoms with Crippen molar-refractivity contribution in [1.29, 1.82) is 0 Å². The molecule has 1 aromatic carbocycles. The third-order valence-electron chi connectivity index (χ3n) is 5.85. The summed E-state index contributed by atoms with van der Waals surface area (Å²) in [4.78, 5) is 12.1. The maximum absolute atomic E-state index is 12.1. The zero-order chi connectivity index (χ0) is 18.0. The van der Waals surface area contributed by atoms with E-state index in [4.69, 9.17) is 11.2 Å². The van der Waals surface area contributed by atoms with E-state index in [1.807, 2.05) is 12.1 Å². The fraction of sp³-hybridized carbons (Fsp3) is 0.571. The average molecular weight is 342 g/mol. The molecular formula is C21H28NO3+. The summed E-state index contributed by atoms with van der Waals surface area (Å²) < 4.78 is 5.57. The molecule has 0 saturated carbocycles. The highest BCUT2D eigenvalue weighted by Crippen LogP contribution is 2.38. The second-order valence-corrected chi connectivity index (χ2v) is 7.73. The number of carbonyl (C=O) groups is 1. The highest BCUT2D eigenvalue weighted by molar-refractivity contribution is 5.72. The molecule has 0 spiro atoms. The molecule has 2 aliphatic rings. The average Bonchev–Trinajstić information content (AvgIpc) is 3.20. The van der Waals surface area contributed by atoms with Crippen LogP contribution in [-0.4, -0.2) is 30.3 Å². The van der Waals surface area contributed by atoms with E-state index in [1.54, 1.807) is 0 Å². The Labute approximate surface area is 150 Å². The summed E-state index contributed by atoms with van der Waals surface area (Å²) in [5.41, 5.74) is 2.09. The predicted molar refractivity (Wildman–Crippen MR) is 96.6 cm³/mol. The largest absolute Gasteiger partial charge is 0.493 e. The maximum atomic E-state index is 12.1. The Morgan fingerprint density at radius 1 is 1.52 bits per heavy atom. The molecule has 134 valence electrons. The van der Waals surface area contributed by atoms with Crippen LogP contribution in [0, 0.1) is 23.7 Å². The zero-order valence-electron chi connectivity index (χ0n) is 15.1. The van der Waals surface area contributed by atoms with Crippen molar-refractivity contribution in [3.63, 3.8) is 0 Å². The number of hydrogen-bond donors (Lipinski definition) is 2. The number of carboxylic acid groups (broad SMARTS) is 1. The van der Waals surface area contributed by atoms with Gasteiger partial charge in [0.1, 0.15) is 17.7 Å². The van der Waals surface area contributed by atoms with Crippen molar-refractivity contribution in [3.8, 4) is 18.1 Å². The summed E-state index contributed by atoms with van der Waals surface area (Å²) in [6.45, 7) is 5.73. The minimum Gasteiger partial charge on any atom is -0.493 e. The SMILES string of the molecule is C#C[C@@](C)(CCC)CC1[NH2+]CC(c2ccc3c(c2)CCO3)[C@H]1C(=O)O. The molecule has 0 bridgehead atoms. The molecule has 1 fully saturated rings. The highest BCUT2D eigenvalue weighted by Gasteiger charge is 2.47. The van der Waals surface area contributed by atoms with E-state index in [1.165, 1.54) is 5.56 Å².